The van der Waals surface area contributed by atoms with Crippen molar-refractivity contribution < 1.29 is 9.47 Å². The van der Waals surface area contributed by atoms with Crippen molar-refractivity contribution in [1.29, 1.82) is 0 Å². The van der Waals surface area contributed by atoms with E-state index in [0.29, 0.717) is 0 Å². The Morgan fingerprint density at radius 1 is 0.960 bits per heavy atom. The summed E-state index contributed by atoms with van der Waals surface area (Å²) in [6.07, 6.45) is 10.1. The van der Waals surface area contributed by atoms with E-state index in [1.54, 1.807) is 7.11 Å². The van der Waals surface area contributed by atoms with E-state index in [1.807, 2.05) is 38.1 Å². The summed E-state index contributed by atoms with van der Waals surface area (Å²) >= 11 is 0. The van der Waals surface area contributed by atoms with Crippen LogP contribution in [-0.4, -0.2) is 38.3 Å². The van der Waals surface area contributed by atoms with Crippen molar-refractivity contribution in [2.45, 2.75) is 64.8 Å². The zero-order chi connectivity index (χ0) is 18.1. The van der Waals surface area contributed by atoms with Gasteiger partial charge in [-0.2, -0.15) is 0 Å². The highest BCUT2D eigenvalue weighted by Crippen LogP contribution is 2.35. The van der Waals surface area contributed by atoms with Crippen LogP contribution in [0.5, 0.6) is 11.5 Å². The molecule has 1 aromatic carbocycles. The maximum atomic E-state index is 5.63. The molecule has 0 bridgehead atoms. The fourth-order valence-electron chi connectivity index (χ4n) is 3.87. The van der Waals surface area contributed by atoms with Gasteiger partial charge in [0.05, 0.1) is 13.7 Å². The van der Waals surface area contributed by atoms with Gasteiger partial charge in [0.2, 0.25) is 0 Å². The summed E-state index contributed by atoms with van der Waals surface area (Å²) in [6, 6.07) is 8.74. The topological polar surface area (TPSA) is 21.7 Å². The number of likely N-dealkylation sites (tertiary alicyclic amines) is 1. The van der Waals surface area contributed by atoms with Crippen LogP contribution in [0.1, 0.15) is 58.8 Å². The number of para-hydroxylation sites is 2. The molecule has 142 valence electrons. The second kappa shape index (κ2) is 10.7. The summed E-state index contributed by atoms with van der Waals surface area (Å²) in [6.45, 7) is 6.19. The van der Waals surface area contributed by atoms with Crippen molar-refractivity contribution in [3.63, 3.8) is 0 Å². The molecule has 1 aromatic rings. The fraction of sp³-hybridized carbons (Fsp3) is 0.727. The van der Waals surface area contributed by atoms with Gasteiger partial charge in [-0.3, -0.25) is 0 Å². The first kappa shape index (κ1) is 20.1. The SMILES string of the molecule is CC.CN1CCC2CCCCC21.COc1ccccc1OCC1CC1. The first-order valence-corrected chi connectivity index (χ1v) is 10.2. The lowest BCUT2D eigenvalue weighted by molar-refractivity contribution is 0.215. The predicted octanol–water partition coefficient (Wildman–Crippen LogP) is 5.39. The molecular formula is C22H37NO2. The number of ether oxygens (including phenoxy) is 2. The van der Waals surface area contributed by atoms with Crippen molar-refractivity contribution in [3.05, 3.63) is 24.3 Å². The molecule has 1 saturated heterocycles. The molecule has 0 amide bonds. The Hall–Kier alpha value is -1.22. The predicted molar refractivity (Wildman–Crippen MR) is 106 cm³/mol. The first-order chi connectivity index (χ1) is 12.3. The van der Waals surface area contributed by atoms with Gasteiger partial charge in [0.15, 0.2) is 11.5 Å². The molecule has 3 nitrogen and oxygen atoms in total. The molecule has 3 fully saturated rings. The number of hydrogen-bond acceptors (Lipinski definition) is 3. The van der Waals surface area contributed by atoms with Crippen molar-refractivity contribution in [2.24, 2.45) is 11.8 Å². The number of nitrogens with zero attached hydrogens (tertiary/aromatic N) is 1. The number of hydrogen-bond donors (Lipinski definition) is 0. The molecule has 2 unspecified atom stereocenters. The summed E-state index contributed by atoms with van der Waals surface area (Å²) in [5, 5.41) is 0. The molecule has 1 heterocycles. The molecule has 2 aliphatic carbocycles. The van der Waals surface area contributed by atoms with Gasteiger partial charge in [-0.15, -0.1) is 0 Å². The Balaban J connectivity index is 0.000000168. The van der Waals surface area contributed by atoms with Crippen LogP contribution < -0.4 is 9.47 Å². The minimum absolute atomic E-state index is 0.782. The minimum Gasteiger partial charge on any atom is -0.493 e. The standard InChI is InChI=1S/C11H14O2.C9H17N.C2H6/c1-12-10-4-2-3-5-11(10)13-8-9-6-7-9;1-10-7-6-8-4-2-3-5-9(8)10;1-2/h2-5,9H,6-8H2,1H3;8-9H,2-7H2,1H3;1-2H3. The Kier molecular flexibility index (Phi) is 8.60. The molecule has 2 saturated carbocycles. The number of benzene rings is 1. The van der Waals surface area contributed by atoms with Crippen LogP contribution >= 0.6 is 0 Å². The third-order valence-electron chi connectivity index (χ3n) is 5.53. The van der Waals surface area contributed by atoms with Gasteiger partial charge in [-0.1, -0.05) is 38.8 Å². The van der Waals surface area contributed by atoms with Crippen LogP contribution in [0.25, 0.3) is 0 Å². The highest BCUT2D eigenvalue weighted by molar-refractivity contribution is 5.39. The van der Waals surface area contributed by atoms with Gasteiger partial charge in [0.1, 0.15) is 0 Å². The minimum atomic E-state index is 0.782. The second-order valence-corrected chi connectivity index (χ2v) is 7.29. The third-order valence-corrected chi connectivity index (χ3v) is 5.53. The van der Waals surface area contributed by atoms with Gasteiger partial charge in [-0.25, -0.2) is 0 Å². The van der Waals surface area contributed by atoms with E-state index in [1.165, 1.54) is 51.5 Å². The Morgan fingerprint density at radius 3 is 2.28 bits per heavy atom. The van der Waals surface area contributed by atoms with Crippen LogP contribution in [0.15, 0.2) is 24.3 Å². The smallest absolute Gasteiger partial charge is 0.161 e. The maximum Gasteiger partial charge on any atom is 0.161 e. The molecule has 0 aromatic heterocycles. The van der Waals surface area contributed by atoms with Crippen molar-refractivity contribution in [1.82, 2.24) is 4.90 Å². The van der Waals surface area contributed by atoms with Crippen molar-refractivity contribution in [3.8, 4) is 11.5 Å². The van der Waals surface area contributed by atoms with Gasteiger partial charge < -0.3 is 14.4 Å². The van der Waals surface area contributed by atoms with E-state index >= 15 is 0 Å². The molecule has 0 radical (unpaired) electrons. The number of methoxy groups -OCH3 is 1. The molecule has 0 spiro atoms. The molecule has 3 heteroatoms. The van der Waals surface area contributed by atoms with Crippen molar-refractivity contribution in [2.75, 3.05) is 27.3 Å². The lowest BCUT2D eigenvalue weighted by Gasteiger charge is -2.28. The lowest BCUT2D eigenvalue weighted by Crippen LogP contribution is -2.31. The maximum absolute atomic E-state index is 5.63. The summed E-state index contributed by atoms with van der Waals surface area (Å²) in [4.78, 5) is 2.56. The van der Waals surface area contributed by atoms with Gasteiger partial charge >= 0.3 is 0 Å². The molecule has 3 aliphatic rings. The van der Waals surface area contributed by atoms with Crippen molar-refractivity contribution >= 4 is 0 Å². The highest BCUT2D eigenvalue weighted by atomic mass is 16.5. The molecule has 0 N–H and O–H groups in total. The molecule has 4 rings (SSSR count). The summed E-state index contributed by atoms with van der Waals surface area (Å²) in [7, 11) is 3.95. The van der Waals surface area contributed by atoms with Crippen LogP contribution in [0.2, 0.25) is 0 Å². The van der Waals surface area contributed by atoms with E-state index in [-0.39, 0.29) is 0 Å². The molecule has 25 heavy (non-hydrogen) atoms. The first-order valence-electron chi connectivity index (χ1n) is 10.2. The Morgan fingerprint density at radius 2 is 1.64 bits per heavy atom. The van der Waals surface area contributed by atoms with Gasteiger partial charge in [0.25, 0.3) is 0 Å². The zero-order valence-electron chi connectivity index (χ0n) is 16.7. The normalized spacial score (nSPS) is 25.0. The third kappa shape index (κ3) is 6.22. The Bertz CT molecular complexity index is 485. The average molecular weight is 348 g/mol. The van der Waals surface area contributed by atoms with Crippen LogP contribution in [0, 0.1) is 11.8 Å². The average Bonchev–Trinajstić information content (AvgIpc) is 3.44. The lowest BCUT2D eigenvalue weighted by atomic mass is 9.85. The summed E-state index contributed by atoms with van der Waals surface area (Å²) in [5.74, 6) is 3.53. The molecule has 2 atom stereocenters. The molecule has 1 aliphatic heterocycles. The summed E-state index contributed by atoms with van der Waals surface area (Å²) < 4.78 is 10.8. The fourth-order valence-corrected chi connectivity index (χ4v) is 3.87. The largest absolute Gasteiger partial charge is 0.493 e. The zero-order valence-corrected chi connectivity index (χ0v) is 16.7. The van der Waals surface area contributed by atoms with E-state index in [0.717, 1.165) is 36.0 Å². The summed E-state index contributed by atoms with van der Waals surface area (Å²) in [5.41, 5.74) is 0. The van der Waals surface area contributed by atoms with Gasteiger partial charge in [0, 0.05) is 6.04 Å². The quantitative estimate of drug-likeness (QED) is 0.729. The van der Waals surface area contributed by atoms with E-state index in [9.17, 15) is 0 Å². The number of fused-ring (bicyclic) bond motifs is 1. The van der Waals surface area contributed by atoms with E-state index in [2.05, 4.69) is 11.9 Å². The van der Waals surface area contributed by atoms with Crippen LogP contribution in [0.3, 0.4) is 0 Å². The highest BCUT2D eigenvalue weighted by Gasteiger charge is 2.32. The second-order valence-electron chi connectivity index (χ2n) is 7.29. The Labute approximate surface area is 154 Å². The van der Waals surface area contributed by atoms with Crippen LogP contribution in [0.4, 0.5) is 0 Å². The van der Waals surface area contributed by atoms with E-state index < -0.39 is 0 Å². The monoisotopic (exact) mass is 347 g/mol. The van der Waals surface area contributed by atoms with E-state index in [4.69, 9.17) is 9.47 Å². The number of rotatable bonds is 4. The van der Waals surface area contributed by atoms with Gasteiger partial charge in [-0.05, 0) is 69.7 Å². The molecular weight excluding hydrogens is 310 g/mol. The van der Waals surface area contributed by atoms with Crippen LogP contribution in [-0.2, 0) is 0 Å².